The molecule has 1 fully saturated rings. The minimum Gasteiger partial charge on any atom is -0.382 e. The van der Waals surface area contributed by atoms with Gasteiger partial charge in [-0.3, -0.25) is 4.79 Å². The standard InChI is InChI=1S/C18H24N4OS.2ClH/c1-13-3-2-4-15(11-13)20-14-6-9-22(10-7-14)18(23)16-12-24-17(21-16)5-8-19;;/h2-4,11-12,14,20H,5-10,19H2,1H3;2*1H. The number of hydrogen-bond acceptors (Lipinski definition) is 5. The normalized spacial score (nSPS) is 14.3. The zero-order chi connectivity index (χ0) is 16.9. The number of rotatable bonds is 5. The molecule has 0 unspecified atom stereocenters. The van der Waals surface area contributed by atoms with Crippen LogP contribution in [-0.4, -0.2) is 41.5 Å². The molecule has 0 atom stereocenters. The zero-order valence-electron chi connectivity index (χ0n) is 14.8. The Kier molecular flexibility index (Phi) is 9.36. The second-order valence-corrected chi connectivity index (χ2v) is 7.19. The molecular weight excluding hydrogens is 391 g/mol. The summed E-state index contributed by atoms with van der Waals surface area (Å²) in [6.07, 6.45) is 2.65. The smallest absolute Gasteiger partial charge is 0.273 e. The van der Waals surface area contributed by atoms with E-state index >= 15 is 0 Å². The maximum atomic E-state index is 12.5. The number of benzene rings is 1. The second kappa shape index (κ2) is 10.7. The summed E-state index contributed by atoms with van der Waals surface area (Å²) in [6.45, 7) is 4.20. The summed E-state index contributed by atoms with van der Waals surface area (Å²) in [6, 6.07) is 8.83. The van der Waals surface area contributed by atoms with Crippen molar-refractivity contribution >= 4 is 47.7 Å². The van der Waals surface area contributed by atoms with Crippen LogP contribution in [-0.2, 0) is 6.42 Å². The van der Waals surface area contributed by atoms with Gasteiger partial charge >= 0.3 is 0 Å². The molecule has 2 aromatic rings. The number of thiazole rings is 1. The van der Waals surface area contributed by atoms with E-state index in [-0.39, 0.29) is 30.7 Å². The summed E-state index contributed by atoms with van der Waals surface area (Å²) in [4.78, 5) is 18.9. The lowest BCUT2D eigenvalue weighted by Crippen LogP contribution is -2.42. The van der Waals surface area contributed by atoms with Crippen molar-refractivity contribution < 1.29 is 4.79 Å². The average Bonchev–Trinajstić information content (AvgIpc) is 3.04. The van der Waals surface area contributed by atoms with Crippen molar-refractivity contribution in [2.24, 2.45) is 5.73 Å². The first-order valence-corrected chi connectivity index (χ1v) is 9.30. The molecule has 2 heterocycles. The molecule has 1 amide bonds. The van der Waals surface area contributed by atoms with Crippen LogP contribution in [0.3, 0.4) is 0 Å². The number of nitrogens with two attached hydrogens (primary N) is 1. The van der Waals surface area contributed by atoms with Crippen molar-refractivity contribution in [2.75, 3.05) is 25.0 Å². The van der Waals surface area contributed by atoms with E-state index in [1.807, 2.05) is 10.3 Å². The monoisotopic (exact) mass is 416 g/mol. The first-order chi connectivity index (χ1) is 11.7. The number of aryl methyl sites for hydroxylation is 1. The van der Waals surface area contributed by atoms with Crippen molar-refractivity contribution in [3.63, 3.8) is 0 Å². The molecule has 1 aliphatic rings. The van der Waals surface area contributed by atoms with Gasteiger partial charge in [-0.15, -0.1) is 36.2 Å². The van der Waals surface area contributed by atoms with Gasteiger partial charge in [-0.1, -0.05) is 12.1 Å². The summed E-state index contributed by atoms with van der Waals surface area (Å²) in [5.41, 5.74) is 8.52. The van der Waals surface area contributed by atoms with E-state index in [1.54, 1.807) is 0 Å². The van der Waals surface area contributed by atoms with Crippen molar-refractivity contribution in [3.8, 4) is 0 Å². The van der Waals surface area contributed by atoms with Gasteiger partial charge < -0.3 is 16.0 Å². The van der Waals surface area contributed by atoms with E-state index in [0.29, 0.717) is 18.3 Å². The number of piperidine rings is 1. The van der Waals surface area contributed by atoms with Crippen LogP contribution in [0.1, 0.15) is 33.9 Å². The molecule has 5 nitrogen and oxygen atoms in total. The van der Waals surface area contributed by atoms with Crippen molar-refractivity contribution in [1.29, 1.82) is 0 Å². The van der Waals surface area contributed by atoms with Gasteiger partial charge in [0.1, 0.15) is 5.69 Å². The number of nitrogens with zero attached hydrogens (tertiary/aromatic N) is 2. The minimum absolute atomic E-state index is 0. The number of hydrogen-bond donors (Lipinski definition) is 2. The predicted octanol–water partition coefficient (Wildman–Crippen LogP) is 3.51. The van der Waals surface area contributed by atoms with E-state index in [4.69, 9.17) is 5.73 Å². The fraction of sp³-hybridized carbons (Fsp3) is 0.444. The van der Waals surface area contributed by atoms with Crippen LogP contribution in [0, 0.1) is 6.92 Å². The molecule has 1 saturated heterocycles. The average molecular weight is 417 g/mol. The Morgan fingerprint density at radius 3 is 2.73 bits per heavy atom. The highest BCUT2D eigenvalue weighted by Crippen LogP contribution is 2.20. The molecule has 3 rings (SSSR count). The molecule has 26 heavy (non-hydrogen) atoms. The van der Waals surface area contributed by atoms with Crippen LogP contribution < -0.4 is 11.1 Å². The second-order valence-electron chi connectivity index (χ2n) is 6.25. The van der Waals surface area contributed by atoms with Gasteiger partial charge in [0, 0.05) is 36.6 Å². The molecule has 3 N–H and O–H groups in total. The van der Waals surface area contributed by atoms with Gasteiger partial charge in [0.2, 0.25) is 0 Å². The van der Waals surface area contributed by atoms with Crippen LogP contribution >= 0.6 is 36.2 Å². The molecule has 1 aromatic carbocycles. The highest BCUT2D eigenvalue weighted by molar-refractivity contribution is 7.09. The Labute approximate surface area is 171 Å². The topological polar surface area (TPSA) is 71.2 Å². The van der Waals surface area contributed by atoms with E-state index < -0.39 is 0 Å². The van der Waals surface area contributed by atoms with Gasteiger partial charge in [-0.2, -0.15) is 0 Å². The summed E-state index contributed by atoms with van der Waals surface area (Å²) in [5, 5.41) is 6.37. The minimum atomic E-state index is 0. The lowest BCUT2D eigenvalue weighted by Gasteiger charge is -2.32. The van der Waals surface area contributed by atoms with Gasteiger partial charge in [0.05, 0.1) is 5.01 Å². The van der Waals surface area contributed by atoms with E-state index in [1.165, 1.54) is 16.9 Å². The number of amides is 1. The Hall–Kier alpha value is -1.34. The molecule has 0 saturated carbocycles. The number of likely N-dealkylation sites (tertiary alicyclic amines) is 1. The molecular formula is C18H26Cl2N4OS. The van der Waals surface area contributed by atoms with Gasteiger partial charge in [0.15, 0.2) is 0 Å². The quantitative estimate of drug-likeness (QED) is 0.781. The maximum Gasteiger partial charge on any atom is 0.273 e. The summed E-state index contributed by atoms with van der Waals surface area (Å²) in [7, 11) is 0. The van der Waals surface area contributed by atoms with E-state index in [9.17, 15) is 4.79 Å². The number of carbonyl (C=O) groups is 1. The summed E-state index contributed by atoms with van der Waals surface area (Å²) >= 11 is 1.52. The van der Waals surface area contributed by atoms with Gasteiger partial charge in [0.25, 0.3) is 5.91 Å². The van der Waals surface area contributed by atoms with Crippen LogP contribution in [0.15, 0.2) is 29.6 Å². The van der Waals surface area contributed by atoms with E-state index in [0.717, 1.165) is 43.0 Å². The summed E-state index contributed by atoms with van der Waals surface area (Å²) in [5.74, 6) is 0.0449. The van der Waals surface area contributed by atoms with Gasteiger partial charge in [-0.05, 0) is 44.0 Å². The third-order valence-electron chi connectivity index (χ3n) is 4.30. The number of halogens is 2. The Balaban J connectivity index is 0.00000169. The van der Waals surface area contributed by atoms with Crippen molar-refractivity contribution in [3.05, 3.63) is 45.9 Å². The maximum absolute atomic E-state index is 12.5. The van der Waals surface area contributed by atoms with Crippen LogP contribution in [0.4, 0.5) is 5.69 Å². The molecule has 0 bridgehead atoms. The molecule has 0 aliphatic carbocycles. The number of nitrogens with one attached hydrogen (secondary N) is 1. The van der Waals surface area contributed by atoms with Gasteiger partial charge in [-0.25, -0.2) is 4.98 Å². The molecule has 1 aromatic heterocycles. The molecule has 1 aliphatic heterocycles. The number of carbonyl (C=O) groups excluding carboxylic acids is 1. The fourth-order valence-corrected chi connectivity index (χ4v) is 3.79. The number of anilines is 1. The largest absolute Gasteiger partial charge is 0.382 e. The van der Waals surface area contributed by atoms with Crippen LogP contribution in [0.2, 0.25) is 0 Å². The third-order valence-corrected chi connectivity index (χ3v) is 5.21. The zero-order valence-corrected chi connectivity index (χ0v) is 17.3. The third kappa shape index (κ3) is 5.84. The Morgan fingerprint density at radius 2 is 2.08 bits per heavy atom. The SMILES string of the molecule is Cc1cccc(NC2CCN(C(=O)c3csc(CCN)n3)CC2)c1.Cl.Cl. The van der Waals surface area contributed by atoms with Crippen LogP contribution in [0.5, 0.6) is 0 Å². The molecule has 0 spiro atoms. The molecule has 144 valence electrons. The molecule has 0 radical (unpaired) electrons. The van der Waals surface area contributed by atoms with Crippen molar-refractivity contribution in [2.45, 2.75) is 32.2 Å². The van der Waals surface area contributed by atoms with Crippen molar-refractivity contribution in [1.82, 2.24) is 9.88 Å². The highest BCUT2D eigenvalue weighted by atomic mass is 35.5. The first kappa shape index (κ1) is 22.7. The van der Waals surface area contributed by atoms with E-state index in [2.05, 4.69) is 41.5 Å². The lowest BCUT2D eigenvalue weighted by atomic mass is 10.0. The lowest BCUT2D eigenvalue weighted by molar-refractivity contribution is 0.0713. The Morgan fingerprint density at radius 1 is 1.35 bits per heavy atom. The Bertz CT molecular complexity index is 702. The molecule has 8 heteroatoms. The highest BCUT2D eigenvalue weighted by Gasteiger charge is 2.25. The first-order valence-electron chi connectivity index (χ1n) is 8.42. The van der Waals surface area contributed by atoms with Crippen LogP contribution in [0.25, 0.3) is 0 Å². The fourth-order valence-electron chi connectivity index (χ4n) is 3.01. The number of aromatic nitrogens is 1. The summed E-state index contributed by atoms with van der Waals surface area (Å²) < 4.78 is 0. The predicted molar refractivity (Wildman–Crippen MR) is 113 cm³/mol.